The summed E-state index contributed by atoms with van der Waals surface area (Å²) in [5.74, 6) is -0.473. The van der Waals surface area contributed by atoms with Gasteiger partial charge in [0.2, 0.25) is 6.20 Å². The second-order valence-corrected chi connectivity index (χ2v) is 10.2. The molecule has 8 heteroatoms. The molecule has 0 bridgehead atoms. The van der Waals surface area contributed by atoms with Gasteiger partial charge < -0.3 is 9.63 Å². The molecule has 0 radical (unpaired) electrons. The van der Waals surface area contributed by atoms with E-state index >= 15 is 0 Å². The number of pyridine rings is 1. The first-order valence-corrected chi connectivity index (χ1v) is 17.4. The molecular formula is C7H5Cl2HgN3O2. The fraction of sp³-hybridized carbons (Fsp3) is 0. The molecule has 0 saturated carbocycles. The number of nitrogens with zero attached hydrogens (tertiary/aromatic N) is 3. The largest absolute Gasteiger partial charge is 0.539 e. The van der Waals surface area contributed by atoms with Crippen LogP contribution in [-0.4, -0.2) is 10.3 Å². The van der Waals surface area contributed by atoms with Crippen molar-refractivity contribution in [2.45, 2.75) is 0 Å². The second-order valence-electron chi connectivity index (χ2n) is 2.28. The van der Waals surface area contributed by atoms with Crippen molar-refractivity contribution in [2.24, 2.45) is 0 Å². The van der Waals surface area contributed by atoms with Crippen molar-refractivity contribution in [3.05, 3.63) is 30.7 Å². The molecule has 2 aromatic heterocycles. The average molecular weight is 435 g/mol. The van der Waals surface area contributed by atoms with Crippen LogP contribution < -0.4 is 9.79 Å². The van der Waals surface area contributed by atoms with Gasteiger partial charge in [-0.05, 0) is 10.7 Å². The topological polar surface area (TPSA) is 65.9 Å². The second kappa shape index (κ2) is 6.97. The van der Waals surface area contributed by atoms with Crippen LogP contribution in [0.3, 0.4) is 0 Å². The molecule has 5 nitrogen and oxygen atoms in total. The van der Waals surface area contributed by atoms with Crippen LogP contribution in [0.1, 0.15) is 0 Å². The van der Waals surface area contributed by atoms with Crippen molar-refractivity contribution in [2.75, 3.05) is 0 Å². The molecule has 2 rings (SSSR count). The Bertz CT molecular complexity index is 398. The number of aromatic nitrogens is 3. The van der Waals surface area contributed by atoms with Gasteiger partial charge in [0.15, 0.2) is 0 Å². The van der Waals surface area contributed by atoms with Crippen molar-refractivity contribution >= 4 is 16.5 Å². The van der Waals surface area contributed by atoms with Crippen LogP contribution in [0.15, 0.2) is 35.2 Å². The zero-order chi connectivity index (χ0) is 11.1. The van der Waals surface area contributed by atoms with Crippen LogP contribution in [0.4, 0.5) is 0 Å². The van der Waals surface area contributed by atoms with Crippen LogP contribution in [0, 0.1) is 0 Å². The fourth-order valence-corrected chi connectivity index (χ4v) is 0.842. The van der Waals surface area contributed by atoms with Crippen LogP contribution >= 0.6 is 16.5 Å². The van der Waals surface area contributed by atoms with E-state index in [4.69, 9.17) is 16.5 Å². The van der Waals surface area contributed by atoms with Crippen LogP contribution in [-0.2, 0) is 22.1 Å². The zero-order valence-electron chi connectivity index (χ0n) is 7.51. The van der Waals surface area contributed by atoms with E-state index in [0.717, 1.165) is 0 Å². The molecule has 0 aliphatic carbocycles. The predicted molar refractivity (Wildman–Crippen MR) is 47.0 cm³/mol. The van der Waals surface area contributed by atoms with Gasteiger partial charge in [-0.1, -0.05) is 0 Å². The van der Waals surface area contributed by atoms with E-state index in [0.29, 0.717) is 5.69 Å². The maximum Gasteiger partial charge on any atom is 0.257 e. The Morgan fingerprint density at radius 3 is 2.67 bits per heavy atom. The van der Waals surface area contributed by atoms with E-state index < -0.39 is 28.1 Å². The van der Waals surface area contributed by atoms with Gasteiger partial charge in [-0.15, -0.1) is 0 Å². The third-order valence-electron chi connectivity index (χ3n) is 1.36. The normalized spacial score (nSPS) is 8.67. The van der Waals surface area contributed by atoms with Gasteiger partial charge in [0, 0.05) is 12.3 Å². The van der Waals surface area contributed by atoms with Gasteiger partial charge in [0.05, 0.1) is 5.27 Å². The summed E-state index contributed by atoms with van der Waals surface area (Å²) in [6.45, 7) is 0. The molecule has 0 fully saturated rings. The molecule has 0 aliphatic rings. The van der Waals surface area contributed by atoms with Crippen molar-refractivity contribution in [3.8, 4) is 11.6 Å². The molecule has 0 amide bonds. The maximum atomic E-state index is 10.6. The fourth-order valence-electron chi connectivity index (χ4n) is 0.842. The van der Waals surface area contributed by atoms with E-state index in [9.17, 15) is 5.11 Å². The van der Waals surface area contributed by atoms with Crippen molar-refractivity contribution in [1.29, 1.82) is 0 Å². The summed E-state index contributed by atoms with van der Waals surface area (Å²) in [4.78, 5) is 3.87. The van der Waals surface area contributed by atoms with Crippen molar-refractivity contribution < 1.29 is 36.4 Å². The molecule has 0 spiro atoms. The zero-order valence-corrected chi connectivity index (χ0v) is 14.5. The Kier molecular flexibility index (Phi) is 5.89. The first kappa shape index (κ1) is 12.7. The average Bonchev–Trinajstić information content (AvgIpc) is 2.67. The van der Waals surface area contributed by atoms with Gasteiger partial charge in [-0.3, -0.25) is 4.98 Å². The molecule has 0 aliphatic heterocycles. The Balaban J connectivity index is 0.000000337. The van der Waals surface area contributed by atoms with Crippen LogP contribution in [0.25, 0.3) is 5.69 Å². The summed E-state index contributed by atoms with van der Waals surface area (Å²) in [6, 6.07) is 3.52. The number of hydrogen-bond acceptors (Lipinski definition) is 4. The van der Waals surface area contributed by atoms with E-state index in [2.05, 4.69) is 14.8 Å². The minimum absolute atomic E-state index is 0.473. The van der Waals surface area contributed by atoms with Crippen LogP contribution in [0.5, 0.6) is 5.95 Å². The summed E-state index contributed by atoms with van der Waals surface area (Å²) in [5.41, 5.74) is 0.698. The molecule has 0 saturated heterocycles. The Morgan fingerprint density at radius 1 is 1.47 bits per heavy atom. The minimum atomic E-state index is -1.14. The van der Waals surface area contributed by atoms with E-state index in [-0.39, 0.29) is 0 Å². The first-order valence-electron chi connectivity index (χ1n) is 3.86. The summed E-state index contributed by atoms with van der Waals surface area (Å²) in [6.07, 6.45) is 4.47. The number of hydrogen-bond donors (Lipinski definition) is 0. The van der Waals surface area contributed by atoms with E-state index in [1.165, 1.54) is 10.9 Å². The summed E-state index contributed by atoms with van der Waals surface area (Å²) in [5, 5.41) is 14.1. The van der Waals surface area contributed by atoms with Crippen molar-refractivity contribution in [3.63, 3.8) is 0 Å². The van der Waals surface area contributed by atoms with Gasteiger partial charge >= 0.3 is 38.6 Å². The SMILES string of the molecule is [Cl][Hg][Cl].[O-]c1c[n+](-c2cccnc2)no1. The standard InChI is InChI=1S/C7H5N3O2.2ClH.Hg/c11-7-5-10(9-12-7)6-2-1-3-8-4-6;;;/h1-5H;2*1H;/q;;;+2/p-2. The number of rotatable bonds is 1. The maximum absolute atomic E-state index is 10.6. The smallest absolute Gasteiger partial charge is 0.257 e. The molecule has 0 aromatic carbocycles. The van der Waals surface area contributed by atoms with Gasteiger partial charge in [0.25, 0.3) is 5.69 Å². The van der Waals surface area contributed by atoms with Crippen molar-refractivity contribution in [1.82, 2.24) is 10.3 Å². The summed E-state index contributed by atoms with van der Waals surface area (Å²) < 4.78 is 5.68. The third kappa shape index (κ3) is 4.32. The Morgan fingerprint density at radius 2 is 2.20 bits per heavy atom. The number of halogens is 2. The van der Waals surface area contributed by atoms with E-state index in [1.807, 2.05) is 0 Å². The molecule has 2 heterocycles. The van der Waals surface area contributed by atoms with Crippen LogP contribution in [0.2, 0.25) is 0 Å². The minimum Gasteiger partial charge on any atom is -0.539 e. The first-order chi connectivity index (χ1) is 7.27. The third-order valence-corrected chi connectivity index (χ3v) is 1.36. The van der Waals surface area contributed by atoms with Gasteiger partial charge in [-0.25, -0.2) is 0 Å². The molecule has 2 aromatic rings. The van der Waals surface area contributed by atoms with Gasteiger partial charge in [-0.2, -0.15) is 0 Å². The quantitative estimate of drug-likeness (QED) is 0.492. The van der Waals surface area contributed by atoms with E-state index in [1.54, 1.807) is 24.5 Å². The molecule has 0 atom stereocenters. The molecule has 0 unspecified atom stereocenters. The Hall–Kier alpha value is -0.395. The Labute approximate surface area is 105 Å². The van der Waals surface area contributed by atoms with Gasteiger partial charge in [0.1, 0.15) is 12.1 Å². The summed E-state index contributed by atoms with van der Waals surface area (Å²) >= 11 is -1.14. The molecule has 76 valence electrons. The molecule has 15 heavy (non-hydrogen) atoms. The summed E-state index contributed by atoms with van der Waals surface area (Å²) in [7, 11) is 9.97. The molecule has 0 N–H and O–H groups in total. The predicted octanol–water partition coefficient (Wildman–Crippen LogP) is 0.796. The molecular weight excluding hydrogens is 430 g/mol. The monoisotopic (exact) mass is 435 g/mol.